The number of hydrogen-bond acceptors (Lipinski definition) is 4. The number of aromatic nitrogens is 1. The molecule has 3 rings (SSSR count). The smallest absolute Gasteiger partial charge is 0.253 e. The van der Waals surface area contributed by atoms with Crippen molar-refractivity contribution in [2.75, 3.05) is 27.9 Å². The lowest BCUT2D eigenvalue weighted by atomic mass is 9.97. The third-order valence-electron chi connectivity index (χ3n) is 4.83. The van der Waals surface area contributed by atoms with Crippen LogP contribution in [0.3, 0.4) is 0 Å². The van der Waals surface area contributed by atoms with Crippen molar-refractivity contribution in [1.29, 1.82) is 0 Å². The quantitative estimate of drug-likeness (QED) is 0.738. The van der Waals surface area contributed by atoms with Crippen LogP contribution in [-0.4, -0.2) is 38.8 Å². The average molecular weight is 358 g/mol. The molecule has 0 unspecified atom stereocenters. The molecular formula is C20H26N2O4. The normalized spacial score (nSPS) is 14.0. The number of H-pyrrole nitrogens is 1. The van der Waals surface area contributed by atoms with Gasteiger partial charge in [-0.25, -0.2) is 0 Å². The highest BCUT2D eigenvalue weighted by Gasteiger charge is 2.22. The molecule has 1 aliphatic rings. The molecule has 0 fully saturated rings. The number of benzene rings is 1. The molecule has 0 saturated heterocycles. The fourth-order valence-electron chi connectivity index (χ4n) is 3.50. The molecule has 0 aliphatic heterocycles. The maximum atomic E-state index is 12.7. The van der Waals surface area contributed by atoms with E-state index in [2.05, 4.69) is 16.4 Å². The summed E-state index contributed by atoms with van der Waals surface area (Å²) in [6, 6.07) is 1.81. The predicted molar refractivity (Wildman–Crippen MR) is 101 cm³/mol. The van der Waals surface area contributed by atoms with E-state index in [0.717, 1.165) is 24.8 Å². The molecule has 0 spiro atoms. The van der Waals surface area contributed by atoms with Gasteiger partial charge in [0, 0.05) is 18.8 Å². The Balaban J connectivity index is 1.83. The number of amides is 1. The van der Waals surface area contributed by atoms with Crippen LogP contribution >= 0.6 is 0 Å². The molecule has 0 radical (unpaired) electrons. The van der Waals surface area contributed by atoms with Crippen molar-refractivity contribution in [2.45, 2.75) is 32.1 Å². The van der Waals surface area contributed by atoms with Crippen molar-refractivity contribution in [3.8, 4) is 17.2 Å². The zero-order valence-corrected chi connectivity index (χ0v) is 15.6. The van der Waals surface area contributed by atoms with Gasteiger partial charge in [0.2, 0.25) is 5.75 Å². The summed E-state index contributed by atoms with van der Waals surface area (Å²) in [6.07, 6.45) is 9.74. The van der Waals surface area contributed by atoms with Crippen molar-refractivity contribution < 1.29 is 19.0 Å². The first kappa shape index (κ1) is 18.2. The van der Waals surface area contributed by atoms with Crippen LogP contribution in [0.2, 0.25) is 0 Å². The number of aromatic amines is 1. The Kier molecular flexibility index (Phi) is 5.71. The molecule has 0 atom stereocenters. The van der Waals surface area contributed by atoms with E-state index >= 15 is 0 Å². The summed E-state index contributed by atoms with van der Waals surface area (Å²) >= 11 is 0. The van der Waals surface area contributed by atoms with Crippen LogP contribution in [0.5, 0.6) is 17.2 Å². The second-order valence-electron chi connectivity index (χ2n) is 6.38. The first-order chi connectivity index (χ1) is 12.7. The Morgan fingerprint density at radius 2 is 1.96 bits per heavy atom. The number of methoxy groups -OCH3 is 3. The van der Waals surface area contributed by atoms with E-state index in [9.17, 15) is 4.79 Å². The zero-order chi connectivity index (χ0) is 18.5. The van der Waals surface area contributed by atoms with Gasteiger partial charge in [0.05, 0.1) is 37.8 Å². The number of carbonyl (C=O) groups is 1. The molecule has 0 saturated carbocycles. The second kappa shape index (κ2) is 8.17. The molecule has 0 bridgehead atoms. The largest absolute Gasteiger partial charge is 0.493 e. The Morgan fingerprint density at radius 3 is 2.62 bits per heavy atom. The third kappa shape index (κ3) is 3.49. The molecule has 6 heteroatoms. The zero-order valence-electron chi connectivity index (χ0n) is 15.6. The SMILES string of the molecule is COc1cc2[nH]cc(C(=O)NCCC3=CCCCC3)c2c(OC)c1OC. The fraction of sp³-hybridized carbons (Fsp3) is 0.450. The summed E-state index contributed by atoms with van der Waals surface area (Å²) in [5, 5.41) is 3.71. The highest BCUT2D eigenvalue weighted by atomic mass is 16.5. The first-order valence-electron chi connectivity index (χ1n) is 8.95. The number of ether oxygens (including phenoxy) is 3. The van der Waals surface area contributed by atoms with Gasteiger partial charge in [-0.15, -0.1) is 0 Å². The molecular weight excluding hydrogens is 332 g/mol. The summed E-state index contributed by atoms with van der Waals surface area (Å²) in [6.45, 7) is 0.632. The molecule has 1 amide bonds. The number of nitrogens with one attached hydrogen (secondary N) is 2. The summed E-state index contributed by atoms with van der Waals surface area (Å²) in [5.41, 5.74) is 2.74. The van der Waals surface area contributed by atoms with Gasteiger partial charge in [0.1, 0.15) is 0 Å². The Bertz CT molecular complexity index is 823. The molecule has 140 valence electrons. The predicted octanol–water partition coefficient (Wildman–Crippen LogP) is 3.81. The molecule has 1 aromatic heterocycles. The molecule has 26 heavy (non-hydrogen) atoms. The standard InChI is InChI=1S/C20H26N2O4/c1-24-16-11-15-17(19(26-3)18(16)25-2)14(12-22-15)20(23)21-10-9-13-7-5-4-6-8-13/h7,11-12,22H,4-6,8-10H2,1-3H3,(H,21,23). The highest BCUT2D eigenvalue weighted by molar-refractivity contribution is 6.10. The van der Waals surface area contributed by atoms with Crippen molar-refractivity contribution in [2.24, 2.45) is 0 Å². The summed E-state index contributed by atoms with van der Waals surface area (Å²) in [4.78, 5) is 15.8. The maximum absolute atomic E-state index is 12.7. The van der Waals surface area contributed by atoms with Gasteiger partial charge in [-0.1, -0.05) is 11.6 Å². The third-order valence-corrected chi connectivity index (χ3v) is 4.83. The van der Waals surface area contributed by atoms with E-state index in [1.807, 2.05) is 0 Å². The lowest BCUT2D eigenvalue weighted by Gasteiger charge is -2.14. The molecule has 6 nitrogen and oxygen atoms in total. The van der Waals surface area contributed by atoms with Crippen LogP contribution < -0.4 is 19.5 Å². The molecule has 2 aromatic rings. The number of rotatable bonds is 7. The highest BCUT2D eigenvalue weighted by Crippen LogP contribution is 2.44. The van der Waals surface area contributed by atoms with Gasteiger partial charge >= 0.3 is 0 Å². The van der Waals surface area contributed by atoms with Gasteiger partial charge in [-0.3, -0.25) is 4.79 Å². The van der Waals surface area contributed by atoms with Crippen LogP contribution in [0.4, 0.5) is 0 Å². The number of hydrogen-bond donors (Lipinski definition) is 2. The van der Waals surface area contributed by atoms with Crippen LogP contribution in [0.1, 0.15) is 42.5 Å². The van der Waals surface area contributed by atoms with Gasteiger partial charge in [-0.2, -0.15) is 0 Å². The topological polar surface area (TPSA) is 72.6 Å². The lowest BCUT2D eigenvalue weighted by molar-refractivity contribution is 0.0955. The maximum Gasteiger partial charge on any atom is 0.253 e. The van der Waals surface area contributed by atoms with Crippen molar-refractivity contribution >= 4 is 16.8 Å². The Hall–Kier alpha value is -2.63. The first-order valence-corrected chi connectivity index (χ1v) is 8.95. The van der Waals surface area contributed by atoms with Crippen molar-refractivity contribution in [3.63, 3.8) is 0 Å². The minimum atomic E-state index is -0.127. The van der Waals surface area contributed by atoms with E-state index in [1.54, 1.807) is 33.6 Å². The Morgan fingerprint density at radius 1 is 1.15 bits per heavy atom. The summed E-state index contributed by atoms with van der Waals surface area (Å²) in [7, 11) is 4.68. The monoisotopic (exact) mass is 358 g/mol. The molecule has 1 aliphatic carbocycles. The molecule has 1 heterocycles. The fourth-order valence-corrected chi connectivity index (χ4v) is 3.50. The lowest BCUT2D eigenvalue weighted by Crippen LogP contribution is -2.24. The van der Waals surface area contributed by atoms with Gasteiger partial charge < -0.3 is 24.5 Å². The van der Waals surface area contributed by atoms with Crippen LogP contribution in [0.15, 0.2) is 23.9 Å². The van der Waals surface area contributed by atoms with E-state index in [-0.39, 0.29) is 5.91 Å². The molecule has 1 aromatic carbocycles. The summed E-state index contributed by atoms with van der Waals surface area (Å²) in [5.74, 6) is 1.39. The van der Waals surface area contributed by atoms with Gasteiger partial charge in [0.15, 0.2) is 11.5 Å². The Labute approximate surface area is 153 Å². The minimum Gasteiger partial charge on any atom is -0.493 e. The minimum absolute atomic E-state index is 0.127. The number of carbonyl (C=O) groups excluding carboxylic acids is 1. The molecule has 2 N–H and O–H groups in total. The van der Waals surface area contributed by atoms with Crippen molar-refractivity contribution in [1.82, 2.24) is 10.3 Å². The number of fused-ring (bicyclic) bond motifs is 1. The summed E-state index contributed by atoms with van der Waals surface area (Å²) < 4.78 is 16.3. The van der Waals surface area contributed by atoms with Crippen LogP contribution in [0, 0.1) is 0 Å². The number of allylic oxidation sites excluding steroid dienone is 1. The van der Waals surface area contributed by atoms with Crippen LogP contribution in [-0.2, 0) is 0 Å². The van der Waals surface area contributed by atoms with Crippen molar-refractivity contribution in [3.05, 3.63) is 29.5 Å². The van der Waals surface area contributed by atoms with E-state index in [0.29, 0.717) is 34.7 Å². The van der Waals surface area contributed by atoms with Gasteiger partial charge in [-0.05, 0) is 32.1 Å². The van der Waals surface area contributed by atoms with E-state index < -0.39 is 0 Å². The second-order valence-corrected chi connectivity index (χ2v) is 6.38. The van der Waals surface area contributed by atoms with E-state index in [1.165, 1.54) is 18.4 Å². The average Bonchev–Trinajstić information content (AvgIpc) is 3.10. The van der Waals surface area contributed by atoms with Crippen LogP contribution in [0.25, 0.3) is 10.9 Å². The van der Waals surface area contributed by atoms with E-state index in [4.69, 9.17) is 14.2 Å². The van der Waals surface area contributed by atoms with Gasteiger partial charge in [0.25, 0.3) is 5.91 Å².